The van der Waals surface area contributed by atoms with Gasteiger partial charge in [-0.1, -0.05) is 0 Å². The standard InChI is InChI=1S/C11H7F3N2O2S.BrH/c12-11(13,14)8-6-19-10(15-8)7-1-3-16(4-2-7)5-9(17)18;/h1-4,6H,5H2;1H. The van der Waals surface area contributed by atoms with Gasteiger partial charge in [-0.15, -0.1) is 11.3 Å². The molecular weight excluding hydrogens is 361 g/mol. The van der Waals surface area contributed by atoms with Crippen LogP contribution >= 0.6 is 11.3 Å². The number of carboxylic acid groups (broad SMARTS) is 1. The fourth-order valence-electron chi connectivity index (χ4n) is 1.40. The average molecular weight is 369 g/mol. The minimum atomic E-state index is -4.45. The van der Waals surface area contributed by atoms with E-state index in [9.17, 15) is 18.0 Å². The minimum Gasteiger partial charge on any atom is -1.00 e. The molecule has 0 aliphatic rings. The van der Waals surface area contributed by atoms with Crippen LogP contribution in [-0.4, -0.2) is 16.1 Å². The van der Waals surface area contributed by atoms with Gasteiger partial charge in [-0.05, 0) is 0 Å². The van der Waals surface area contributed by atoms with E-state index >= 15 is 0 Å². The Hall–Kier alpha value is -1.48. The van der Waals surface area contributed by atoms with Crippen molar-refractivity contribution in [2.75, 3.05) is 0 Å². The molecule has 0 atom stereocenters. The maximum absolute atomic E-state index is 12.4. The summed E-state index contributed by atoms with van der Waals surface area (Å²) in [5.41, 5.74) is -0.406. The third-order valence-electron chi connectivity index (χ3n) is 2.25. The van der Waals surface area contributed by atoms with E-state index in [0.29, 0.717) is 5.56 Å². The summed E-state index contributed by atoms with van der Waals surface area (Å²) in [7, 11) is 0. The molecule has 2 aromatic heterocycles. The van der Waals surface area contributed by atoms with Gasteiger partial charge in [-0.25, -0.2) is 9.78 Å². The fourth-order valence-corrected chi connectivity index (χ4v) is 2.23. The van der Waals surface area contributed by atoms with Crippen molar-refractivity contribution in [1.29, 1.82) is 0 Å². The lowest BCUT2D eigenvalue weighted by atomic mass is 10.3. The van der Waals surface area contributed by atoms with E-state index in [-0.39, 0.29) is 28.5 Å². The lowest BCUT2D eigenvalue weighted by molar-refractivity contribution is -0.685. The Morgan fingerprint density at radius 2 is 1.95 bits per heavy atom. The Kier molecular flexibility index (Phi) is 5.23. The molecule has 0 aliphatic heterocycles. The molecule has 2 aromatic rings. The van der Waals surface area contributed by atoms with E-state index in [2.05, 4.69) is 4.98 Å². The summed E-state index contributed by atoms with van der Waals surface area (Å²) < 4.78 is 38.6. The van der Waals surface area contributed by atoms with Gasteiger partial charge < -0.3 is 22.1 Å². The zero-order valence-corrected chi connectivity index (χ0v) is 12.2. The van der Waals surface area contributed by atoms with Gasteiger partial charge in [-0.2, -0.15) is 17.7 Å². The van der Waals surface area contributed by atoms with Crippen molar-refractivity contribution in [3.8, 4) is 10.6 Å². The first-order valence-corrected chi connectivity index (χ1v) is 5.98. The molecule has 9 heteroatoms. The van der Waals surface area contributed by atoms with Crippen LogP contribution in [0.3, 0.4) is 0 Å². The number of carbonyl (C=O) groups is 1. The van der Waals surface area contributed by atoms with Gasteiger partial charge >= 0.3 is 12.1 Å². The monoisotopic (exact) mass is 368 g/mol. The highest BCUT2D eigenvalue weighted by molar-refractivity contribution is 7.13. The molecule has 0 spiro atoms. The molecule has 2 rings (SSSR count). The minimum absolute atomic E-state index is 0. The number of pyridine rings is 1. The van der Waals surface area contributed by atoms with E-state index in [1.54, 1.807) is 0 Å². The molecule has 2 heterocycles. The van der Waals surface area contributed by atoms with Crippen LogP contribution in [0, 0.1) is 0 Å². The Morgan fingerprint density at radius 1 is 1.35 bits per heavy atom. The molecule has 20 heavy (non-hydrogen) atoms. The molecule has 0 unspecified atom stereocenters. The smallest absolute Gasteiger partial charge is 0.434 e. The maximum atomic E-state index is 12.4. The summed E-state index contributed by atoms with van der Waals surface area (Å²) in [6, 6.07) is 3.06. The Labute approximate surface area is 126 Å². The van der Waals surface area contributed by atoms with E-state index < -0.39 is 17.8 Å². The van der Waals surface area contributed by atoms with E-state index in [4.69, 9.17) is 5.11 Å². The Bertz CT molecular complexity index is 598. The van der Waals surface area contributed by atoms with Crippen LogP contribution in [0.2, 0.25) is 0 Å². The number of thiazole rings is 1. The molecule has 0 aliphatic carbocycles. The summed E-state index contributed by atoms with van der Waals surface area (Å²) in [6.07, 6.45) is -1.48. The second kappa shape index (κ2) is 6.31. The van der Waals surface area contributed by atoms with Crippen LogP contribution in [-0.2, 0) is 17.5 Å². The van der Waals surface area contributed by atoms with Crippen molar-refractivity contribution in [2.24, 2.45) is 0 Å². The van der Waals surface area contributed by atoms with Crippen molar-refractivity contribution >= 4 is 17.3 Å². The normalized spacial score (nSPS) is 10.9. The fraction of sp³-hybridized carbons (Fsp3) is 0.182. The molecule has 0 bridgehead atoms. The number of halogens is 4. The number of nitrogens with zero attached hydrogens (tertiary/aromatic N) is 2. The highest BCUT2D eigenvalue weighted by Gasteiger charge is 2.33. The number of alkyl halides is 3. The zero-order valence-electron chi connectivity index (χ0n) is 9.76. The molecule has 0 saturated carbocycles. The van der Waals surface area contributed by atoms with Gasteiger partial charge in [0, 0.05) is 23.1 Å². The predicted molar refractivity (Wildman–Crippen MR) is 60.4 cm³/mol. The topological polar surface area (TPSA) is 54.1 Å². The first kappa shape index (κ1) is 16.6. The number of rotatable bonds is 3. The summed E-state index contributed by atoms with van der Waals surface area (Å²) in [6.45, 7) is -0.202. The van der Waals surface area contributed by atoms with Crippen molar-refractivity contribution in [3.63, 3.8) is 0 Å². The lowest BCUT2D eigenvalue weighted by Gasteiger charge is -2.00. The quantitative estimate of drug-likeness (QED) is 0.722. The second-order valence-electron chi connectivity index (χ2n) is 3.69. The molecule has 0 amide bonds. The number of carboxylic acids is 1. The first-order chi connectivity index (χ1) is 8.86. The van der Waals surface area contributed by atoms with E-state index in [1.165, 1.54) is 29.1 Å². The van der Waals surface area contributed by atoms with Gasteiger partial charge in [0.1, 0.15) is 5.01 Å². The number of hydrogen-bond donors (Lipinski definition) is 1. The first-order valence-electron chi connectivity index (χ1n) is 5.10. The zero-order chi connectivity index (χ0) is 14.0. The number of aliphatic carboxylic acids is 1. The lowest BCUT2D eigenvalue weighted by Crippen LogP contribution is -3.00. The molecular formula is C11H8BrF3N2O2S. The van der Waals surface area contributed by atoms with Gasteiger partial charge in [0.2, 0.25) is 6.54 Å². The van der Waals surface area contributed by atoms with Crippen molar-refractivity contribution in [1.82, 2.24) is 4.98 Å². The summed E-state index contributed by atoms with van der Waals surface area (Å²) in [4.78, 5) is 14.0. The molecule has 0 aromatic carbocycles. The molecule has 0 saturated heterocycles. The van der Waals surface area contributed by atoms with Gasteiger partial charge in [0.25, 0.3) is 0 Å². The molecule has 0 radical (unpaired) electrons. The van der Waals surface area contributed by atoms with Crippen LogP contribution in [0.5, 0.6) is 0 Å². The highest BCUT2D eigenvalue weighted by atomic mass is 79.9. The SMILES string of the molecule is O=C(O)C[n+]1ccc(-c2nc(C(F)(F)F)cs2)cc1.[Br-]. The molecule has 108 valence electrons. The average Bonchev–Trinajstić information content (AvgIpc) is 2.78. The molecule has 4 nitrogen and oxygen atoms in total. The second-order valence-corrected chi connectivity index (χ2v) is 4.55. The Balaban J connectivity index is 0.00000200. The van der Waals surface area contributed by atoms with Crippen LogP contribution in [0.25, 0.3) is 10.6 Å². The van der Waals surface area contributed by atoms with Gasteiger partial charge in [0.05, 0.1) is 0 Å². The van der Waals surface area contributed by atoms with Crippen LogP contribution in [0.4, 0.5) is 13.2 Å². The van der Waals surface area contributed by atoms with E-state index in [0.717, 1.165) is 16.7 Å². The van der Waals surface area contributed by atoms with Gasteiger partial charge in [-0.3, -0.25) is 0 Å². The number of hydrogen-bond acceptors (Lipinski definition) is 3. The van der Waals surface area contributed by atoms with Crippen molar-refractivity contribution in [2.45, 2.75) is 12.7 Å². The van der Waals surface area contributed by atoms with Crippen molar-refractivity contribution < 1.29 is 44.6 Å². The predicted octanol–water partition coefficient (Wildman–Crippen LogP) is -0.795. The molecule has 0 fully saturated rings. The van der Waals surface area contributed by atoms with Gasteiger partial charge in [0.15, 0.2) is 18.1 Å². The largest absolute Gasteiger partial charge is 1.00 e. The van der Waals surface area contributed by atoms with Crippen LogP contribution in [0.1, 0.15) is 5.69 Å². The third-order valence-corrected chi connectivity index (χ3v) is 3.14. The van der Waals surface area contributed by atoms with Crippen LogP contribution < -0.4 is 21.5 Å². The van der Waals surface area contributed by atoms with E-state index in [1.807, 2.05) is 0 Å². The third kappa shape index (κ3) is 4.01. The summed E-state index contributed by atoms with van der Waals surface area (Å²) in [5.74, 6) is -0.994. The number of aromatic nitrogens is 2. The van der Waals surface area contributed by atoms with Crippen LogP contribution in [0.15, 0.2) is 29.9 Å². The highest BCUT2D eigenvalue weighted by Crippen LogP contribution is 2.33. The maximum Gasteiger partial charge on any atom is 0.434 e. The summed E-state index contributed by atoms with van der Waals surface area (Å²) >= 11 is 0.893. The summed E-state index contributed by atoms with van der Waals surface area (Å²) in [5, 5.41) is 9.79. The van der Waals surface area contributed by atoms with Crippen molar-refractivity contribution in [3.05, 3.63) is 35.6 Å². The molecule has 1 N–H and O–H groups in total. The Morgan fingerprint density at radius 3 is 2.40 bits per heavy atom.